The molecule has 0 aliphatic heterocycles. The van der Waals surface area contributed by atoms with Crippen molar-refractivity contribution in [2.75, 3.05) is 44.0 Å². The Balaban J connectivity index is 1.27. The molecule has 10 N–H and O–H groups in total. The van der Waals surface area contributed by atoms with Crippen molar-refractivity contribution < 1.29 is 9.59 Å². The molecule has 0 radical (unpaired) electrons. The second-order valence-electron chi connectivity index (χ2n) is 12.3. The van der Waals surface area contributed by atoms with Crippen LogP contribution < -0.4 is 33.6 Å². The smallest absolute Gasteiger partial charge is 0.280 e. The lowest BCUT2D eigenvalue weighted by Crippen LogP contribution is -2.38. The van der Waals surface area contributed by atoms with Crippen LogP contribution in [0.4, 0.5) is 17.3 Å². The molecule has 1 atom stereocenters. The summed E-state index contributed by atoms with van der Waals surface area (Å²) in [5, 5.41) is 5.33. The maximum absolute atomic E-state index is 13.0. The zero-order chi connectivity index (χ0) is 33.9. The number of hydrogen-bond acceptors (Lipinski definition) is 9. The first kappa shape index (κ1) is 35.6. The maximum atomic E-state index is 13.0. The third-order valence-corrected chi connectivity index (χ3v) is 8.57. The molecule has 0 spiro atoms. The van der Waals surface area contributed by atoms with Gasteiger partial charge in [0.1, 0.15) is 0 Å². The Bertz CT molecular complexity index is 1580. The minimum Gasteiger partial charge on any atom is -0.382 e. The minimum absolute atomic E-state index is 0.0427. The summed E-state index contributed by atoms with van der Waals surface area (Å²) in [6.45, 7) is 1.49. The van der Waals surface area contributed by atoms with Crippen molar-refractivity contribution in [3.8, 4) is 0 Å². The number of aryl methyl sites for hydroxylation is 2. The van der Waals surface area contributed by atoms with Crippen LogP contribution in [0.3, 0.4) is 0 Å². The average Bonchev–Trinajstić information content (AvgIpc) is 3.04. The number of anilines is 3. The number of aliphatic imine (C=N–C) groups is 1. The quantitative estimate of drug-likeness (QED) is 0.0850. The van der Waals surface area contributed by atoms with Crippen LogP contribution in [-0.4, -0.2) is 65.9 Å². The number of carbonyl (C=O) groups is 2. The van der Waals surface area contributed by atoms with Crippen molar-refractivity contribution >= 4 is 46.7 Å². The van der Waals surface area contributed by atoms with Crippen molar-refractivity contribution in [1.82, 2.24) is 20.2 Å². The van der Waals surface area contributed by atoms with Gasteiger partial charge in [0.05, 0.1) is 6.04 Å². The number of rotatable bonds is 14. The molecule has 47 heavy (non-hydrogen) atoms. The van der Waals surface area contributed by atoms with E-state index in [-0.39, 0.29) is 34.3 Å². The number of fused-ring (bicyclic) bond motifs is 1. The maximum Gasteiger partial charge on any atom is 0.280 e. The number of benzene rings is 2. The number of aromatic nitrogens is 2. The van der Waals surface area contributed by atoms with Crippen molar-refractivity contribution in [1.29, 1.82) is 0 Å². The molecule has 2 amide bonds. The summed E-state index contributed by atoms with van der Waals surface area (Å²) in [5.74, 6) is -1.10. The highest BCUT2D eigenvalue weighted by Crippen LogP contribution is 2.29. The minimum atomic E-state index is -0.664. The highest BCUT2D eigenvalue weighted by Gasteiger charge is 2.21. The van der Waals surface area contributed by atoms with E-state index in [1.807, 2.05) is 12.1 Å². The molecule has 1 unspecified atom stereocenters. The number of hydrogen-bond donors (Lipinski definition) is 6. The topological polar surface area (TPSA) is 204 Å². The van der Waals surface area contributed by atoms with Crippen LogP contribution in [0.15, 0.2) is 41.4 Å². The van der Waals surface area contributed by atoms with E-state index in [4.69, 9.17) is 34.5 Å². The van der Waals surface area contributed by atoms with Crippen LogP contribution in [0.25, 0.3) is 0 Å². The van der Waals surface area contributed by atoms with Crippen LogP contribution in [0.1, 0.15) is 70.4 Å². The standard InChI is InChI=1S/C34H47ClN10O2/c1-45(2)19-7-8-21-12-16-24(17-13-21)41-32(46)27(36)20-23-15-14-22(25-10-3-4-11-26(23)25)9-5-6-18-40-34(39)44-33(47)28-30(37)43-31(38)29(35)42-28/h12-17,27H,3-11,18-20,36H2,1-2H3,(H,41,46)(H4,37,38,43)(H3,39,40,44,47). The molecule has 2 aromatic carbocycles. The molecule has 1 heterocycles. The second kappa shape index (κ2) is 17.1. The summed E-state index contributed by atoms with van der Waals surface area (Å²) in [6.07, 6.45) is 9.48. The first-order valence-corrected chi connectivity index (χ1v) is 16.5. The van der Waals surface area contributed by atoms with Gasteiger partial charge < -0.3 is 33.2 Å². The fraction of sp³-hybridized carbons (Fsp3) is 0.441. The Kier molecular flexibility index (Phi) is 12.9. The molecule has 1 aliphatic rings. The number of nitrogen functional groups attached to an aromatic ring is 2. The Morgan fingerprint density at radius 1 is 0.936 bits per heavy atom. The number of nitrogens with two attached hydrogens (primary N) is 4. The number of nitrogens with zero attached hydrogens (tertiary/aromatic N) is 4. The molecule has 0 fully saturated rings. The van der Waals surface area contributed by atoms with Crippen LogP contribution in [-0.2, 0) is 36.9 Å². The van der Waals surface area contributed by atoms with Gasteiger partial charge in [-0.1, -0.05) is 35.9 Å². The molecule has 252 valence electrons. The highest BCUT2D eigenvalue weighted by molar-refractivity contribution is 6.31. The molecule has 1 aliphatic carbocycles. The number of nitrogens with one attached hydrogen (secondary N) is 2. The van der Waals surface area contributed by atoms with Crippen molar-refractivity contribution in [3.63, 3.8) is 0 Å². The molecule has 0 bridgehead atoms. The van der Waals surface area contributed by atoms with E-state index in [2.05, 4.69) is 68.9 Å². The third-order valence-electron chi connectivity index (χ3n) is 8.30. The Hall–Kier alpha value is -4.26. The molecule has 4 rings (SSSR count). The van der Waals surface area contributed by atoms with E-state index >= 15 is 0 Å². The molecule has 1 aromatic heterocycles. The number of unbranched alkanes of at least 4 members (excludes halogenated alkanes) is 1. The number of guanidine groups is 1. The Morgan fingerprint density at radius 3 is 2.32 bits per heavy atom. The first-order valence-electron chi connectivity index (χ1n) is 16.1. The van der Waals surface area contributed by atoms with E-state index in [1.54, 1.807) is 0 Å². The normalized spacial score (nSPS) is 13.7. The van der Waals surface area contributed by atoms with Gasteiger partial charge >= 0.3 is 0 Å². The highest BCUT2D eigenvalue weighted by atomic mass is 35.5. The predicted octanol–water partition coefficient (Wildman–Crippen LogP) is 3.24. The summed E-state index contributed by atoms with van der Waals surface area (Å²) in [5.41, 5.74) is 30.7. The van der Waals surface area contributed by atoms with Crippen LogP contribution in [0.5, 0.6) is 0 Å². The number of carbonyl (C=O) groups excluding carboxylic acids is 2. The van der Waals surface area contributed by atoms with E-state index in [1.165, 1.54) is 22.3 Å². The van der Waals surface area contributed by atoms with Gasteiger partial charge in [-0.3, -0.25) is 19.9 Å². The fourth-order valence-electron chi connectivity index (χ4n) is 5.81. The van der Waals surface area contributed by atoms with Gasteiger partial charge in [0, 0.05) is 12.2 Å². The van der Waals surface area contributed by atoms with Gasteiger partial charge in [-0.25, -0.2) is 9.97 Å². The van der Waals surface area contributed by atoms with Crippen LogP contribution in [0.2, 0.25) is 5.15 Å². The molecule has 0 saturated carbocycles. The monoisotopic (exact) mass is 662 g/mol. The lowest BCUT2D eigenvalue weighted by Gasteiger charge is -2.24. The lowest BCUT2D eigenvalue weighted by atomic mass is 9.82. The zero-order valence-corrected chi connectivity index (χ0v) is 28.1. The summed E-state index contributed by atoms with van der Waals surface area (Å²) in [4.78, 5) is 39.5. The van der Waals surface area contributed by atoms with Gasteiger partial charge in [-0.2, -0.15) is 0 Å². The Labute approximate surface area is 281 Å². The van der Waals surface area contributed by atoms with Crippen molar-refractivity contribution in [2.24, 2.45) is 16.5 Å². The number of amides is 2. The largest absolute Gasteiger partial charge is 0.382 e. The summed E-state index contributed by atoms with van der Waals surface area (Å²) in [6, 6.07) is 11.7. The van der Waals surface area contributed by atoms with E-state index in [0.29, 0.717) is 13.0 Å². The fourth-order valence-corrected chi connectivity index (χ4v) is 5.94. The summed E-state index contributed by atoms with van der Waals surface area (Å²) >= 11 is 5.85. The average molecular weight is 663 g/mol. The SMILES string of the molecule is CN(C)CCCc1ccc(NC(=O)C(N)Cc2ccc(CCCCN=C(N)NC(=O)c3nc(Cl)c(N)nc3N)c3c2CCCC3)cc1. The molecule has 0 saturated heterocycles. The van der Waals surface area contributed by atoms with Gasteiger partial charge in [0.2, 0.25) is 5.91 Å². The summed E-state index contributed by atoms with van der Waals surface area (Å²) < 4.78 is 0. The third kappa shape index (κ3) is 10.4. The van der Waals surface area contributed by atoms with E-state index in [0.717, 1.165) is 75.6 Å². The van der Waals surface area contributed by atoms with Gasteiger partial charge in [0.25, 0.3) is 5.91 Å². The lowest BCUT2D eigenvalue weighted by molar-refractivity contribution is -0.117. The van der Waals surface area contributed by atoms with E-state index < -0.39 is 11.9 Å². The predicted molar refractivity (Wildman–Crippen MR) is 189 cm³/mol. The van der Waals surface area contributed by atoms with Crippen LogP contribution >= 0.6 is 11.6 Å². The number of halogens is 1. The molecule has 13 heteroatoms. The first-order chi connectivity index (χ1) is 22.5. The van der Waals surface area contributed by atoms with Crippen molar-refractivity contribution in [3.05, 3.63) is 75.1 Å². The van der Waals surface area contributed by atoms with Crippen molar-refractivity contribution in [2.45, 2.75) is 70.3 Å². The zero-order valence-electron chi connectivity index (χ0n) is 27.3. The van der Waals surface area contributed by atoms with Gasteiger partial charge in [-0.15, -0.1) is 0 Å². The molecular weight excluding hydrogens is 616 g/mol. The van der Waals surface area contributed by atoms with E-state index in [9.17, 15) is 9.59 Å². The van der Waals surface area contributed by atoms with Crippen LogP contribution in [0, 0.1) is 0 Å². The molecule has 3 aromatic rings. The molecule has 12 nitrogen and oxygen atoms in total. The second-order valence-corrected chi connectivity index (χ2v) is 12.6. The Morgan fingerprint density at radius 2 is 1.62 bits per heavy atom. The molecular formula is C34H47ClN10O2. The summed E-state index contributed by atoms with van der Waals surface area (Å²) in [7, 11) is 4.15. The van der Waals surface area contributed by atoms with Gasteiger partial charge in [-0.05, 0) is 125 Å². The van der Waals surface area contributed by atoms with Gasteiger partial charge in [0.15, 0.2) is 28.4 Å².